The minimum atomic E-state index is -0.282. The fourth-order valence-corrected chi connectivity index (χ4v) is 2.11. The van der Waals surface area contributed by atoms with E-state index >= 15 is 0 Å². The number of hydrazine groups is 1. The topological polar surface area (TPSA) is 75.9 Å². The molecule has 6 heteroatoms. The van der Waals surface area contributed by atoms with Gasteiger partial charge in [0.05, 0.1) is 0 Å². The van der Waals surface area contributed by atoms with Crippen LogP contribution in [0.25, 0.3) is 0 Å². The second kappa shape index (κ2) is 6.49. The molecule has 2 rings (SSSR count). The van der Waals surface area contributed by atoms with Gasteiger partial charge < -0.3 is 10.7 Å². The van der Waals surface area contributed by atoms with Crippen molar-refractivity contribution in [3.63, 3.8) is 0 Å². The third kappa shape index (κ3) is 3.66. The van der Waals surface area contributed by atoms with Crippen molar-refractivity contribution in [1.82, 2.24) is 9.97 Å². The molecule has 0 saturated heterocycles. The number of nitrogens with zero attached hydrogens (tertiary/aromatic N) is 2. The molecule has 0 radical (unpaired) electrons. The van der Waals surface area contributed by atoms with Gasteiger partial charge in [0.15, 0.2) is 0 Å². The highest BCUT2D eigenvalue weighted by atomic mass is 19.1. The van der Waals surface area contributed by atoms with E-state index in [-0.39, 0.29) is 5.82 Å². The van der Waals surface area contributed by atoms with Gasteiger partial charge in [-0.3, -0.25) is 0 Å². The molecular formula is C15H20FN5. The van der Waals surface area contributed by atoms with Crippen molar-refractivity contribution < 1.29 is 4.39 Å². The van der Waals surface area contributed by atoms with Gasteiger partial charge in [-0.1, -0.05) is 6.92 Å². The summed E-state index contributed by atoms with van der Waals surface area (Å²) in [5, 5.41) is 3.14. The van der Waals surface area contributed by atoms with Crippen LogP contribution < -0.4 is 16.6 Å². The fourth-order valence-electron chi connectivity index (χ4n) is 2.11. The molecule has 2 aromatic rings. The molecule has 0 unspecified atom stereocenters. The van der Waals surface area contributed by atoms with E-state index in [9.17, 15) is 4.39 Å². The molecule has 112 valence electrons. The molecular weight excluding hydrogens is 269 g/mol. The van der Waals surface area contributed by atoms with E-state index in [2.05, 4.69) is 27.6 Å². The Bertz CT molecular complexity index is 622. The number of hydrogen-bond acceptors (Lipinski definition) is 5. The highest BCUT2D eigenvalue weighted by molar-refractivity contribution is 5.65. The summed E-state index contributed by atoms with van der Waals surface area (Å²) in [6, 6.07) is 4.77. The number of nitrogens with two attached hydrogens (primary N) is 1. The van der Waals surface area contributed by atoms with Crippen molar-refractivity contribution >= 4 is 17.3 Å². The number of benzene rings is 1. The number of aromatic nitrogens is 2. The average molecular weight is 289 g/mol. The lowest BCUT2D eigenvalue weighted by molar-refractivity contribution is 0.627. The molecule has 0 aliphatic carbocycles. The van der Waals surface area contributed by atoms with Crippen LogP contribution >= 0.6 is 0 Å². The molecule has 0 spiro atoms. The predicted molar refractivity (Wildman–Crippen MR) is 83.0 cm³/mol. The monoisotopic (exact) mass is 289 g/mol. The first-order chi connectivity index (χ1) is 10.0. The molecule has 5 nitrogen and oxygen atoms in total. The smallest absolute Gasteiger partial charge is 0.148 e. The Morgan fingerprint density at radius 1 is 1.14 bits per heavy atom. The van der Waals surface area contributed by atoms with Crippen LogP contribution in [0.3, 0.4) is 0 Å². The van der Waals surface area contributed by atoms with Crippen LogP contribution in [0, 0.1) is 19.7 Å². The first kappa shape index (κ1) is 15.2. The highest BCUT2D eigenvalue weighted by Crippen LogP contribution is 2.24. The Morgan fingerprint density at radius 3 is 2.48 bits per heavy atom. The second-order valence-corrected chi connectivity index (χ2v) is 5.00. The largest absolute Gasteiger partial charge is 0.340 e. The number of halogens is 1. The van der Waals surface area contributed by atoms with Gasteiger partial charge in [0.1, 0.15) is 23.3 Å². The number of aryl methyl sites for hydroxylation is 2. The van der Waals surface area contributed by atoms with E-state index in [0.29, 0.717) is 23.1 Å². The molecule has 1 aromatic heterocycles. The molecule has 4 N–H and O–H groups in total. The van der Waals surface area contributed by atoms with Crippen molar-refractivity contribution in [3.8, 4) is 0 Å². The maximum absolute atomic E-state index is 13.5. The zero-order valence-corrected chi connectivity index (χ0v) is 12.5. The van der Waals surface area contributed by atoms with E-state index in [1.807, 2.05) is 19.9 Å². The summed E-state index contributed by atoms with van der Waals surface area (Å²) in [7, 11) is 0. The minimum absolute atomic E-state index is 0.282. The molecule has 0 atom stereocenters. The van der Waals surface area contributed by atoms with E-state index < -0.39 is 0 Å². The minimum Gasteiger partial charge on any atom is -0.340 e. The SMILES string of the molecule is CCCc1nc(NN)c(C)c(Nc2cc(C)cc(F)c2)n1. The number of hydrogen-bond donors (Lipinski definition) is 3. The lowest BCUT2D eigenvalue weighted by atomic mass is 10.2. The summed E-state index contributed by atoms with van der Waals surface area (Å²) in [5.74, 6) is 7.12. The Kier molecular flexibility index (Phi) is 4.70. The van der Waals surface area contributed by atoms with Gasteiger partial charge in [-0.25, -0.2) is 20.2 Å². The molecule has 0 fully saturated rings. The quantitative estimate of drug-likeness (QED) is 0.582. The molecule has 0 bridgehead atoms. The number of rotatable bonds is 5. The predicted octanol–water partition coefficient (Wildman–Crippen LogP) is 3.21. The van der Waals surface area contributed by atoms with Gasteiger partial charge in [-0.15, -0.1) is 0 Å². The first-order valence-corrected chi connectivity index (χ1v) is 6.91. The van der Waals surface area contributed by atoms with Crippen LogP contribution in [0.5, 0.6) is 0 Å². The lowest BCUT2D eigenvalue weighted by Gasteiger charge is -2.14. The van der Waals surface area contributed by atoms with Crippen molar-refractivity contribution in [2.75, 3.05) is 10.7 Å². The highest BCUT2D eigenvalue weighted by Gasteiger charge is 2.10. The van der Waals surface area contributed by atoms with Crippen LogP contribution in [0.15, 0.2) is 18.2 Å². The van der Waals surface area contributed by atoms with Crippen molar-refractivity contribution in [3.05, 3.63) is 41.0 Å². The van der Waals surface area contributed by atoms with E-state index in [1.54, 1.807) is 0 Å². The molecule has 0 aliphatic heterocycles. The number of nitrogen functional groups attached to an aromatic ring is 1. The summed E-state index contributed by atoms with van der Waals surface area (Å²) in [6.07, 6.45) is 1.69. The van der Waals surface area contributed by atoms with E-state index in [1.165, 1.54) is 12.1 Å². The maximum Gasteiger partial charge on any atom is 0.148 e. The van der Waals surface area contributed by atoms with Crippen LogP contribution in [0.1, 0.15) is 30.3 Å². The van der Waals surface area contributed by atoms with Gasteiger partial charge in [-0.2, -0.15) is 0 Å². The van der Waals surface area contributed by atoms with Crippen molar-refractivity contribution in [2.45, 2.75) is 33.6 Å². The summed E-state index contributed by atoms with van der Waals surface area (Å²) < 4.78 is 13.5. The molecule has 1 heterocycles. The Labute approximate surface area is 123 Å². The number of nitrogens with one attached hydrogen (secondary N) is 2. The van der Waals surface area contributed by atoms with Gasteiger partial charge >= 0.3 is 0 Å². The summed E-state index contributed by atoms with van der Waals surface area (Å²) in [4.78, 5) is 8.84. The fraction of sp³-hybridized carbons (Fsp3) is 0.333. The molecule has 0 saturated carbocycles. The zero-order chi connectivity index (χ0) is 15.4. The summed E-state index contributed by atoms with van der Waals surface area (Å²) >= 11 is 0. The zero-order valence-electron chi connectivity index (χ0n) is 12.5. The van der Waals surface area contributed by atoms with Crippen LogP contribution in [0.2, 0.25) is 0 Å². The molecule has 1 aromatic carbocycles. The van der Waals surface area contributed by atoms with Crippen molar-refractivity contribution in [2.24, 2.45) is 5.84 Å². The first-order valence-electron chi connectivity index (χ1n) is 6.91. The van der Waals surface area contributed by atoms with E-state index in [4.69, 9.17) is 5.84 Å². The maximum atomic E-state index is 13.5. The van der Waals surface area contributed by atoms with Crippen LogP contribution in [-0.4, -0.2) is 9.97 Å². The van der Waals surface area contributed by atoms with Crippen LogP contribution in [0.4, 0.5) is 21.7 Å². The van der Waals surface area contributed by atoms with Gasteiger partial charge in [0.25, 0.3) is 0 Å². The van der Waals surface area contributed by atoms with Gasteiger partial charge in [-0.05, 0) is 44.0 Å². The van der Waals surface area contributed by atoms with E-state index in [0.717, 1.165) is 24.0 Å². The Morgan fingerprint density at radius 2 is 1.86 bits per heavy atom. The summed E-state index contributed by atoms with van der Waals surface area (Å²) in [6.45, 7) is 5.76. The average Bonchev–Trinajstić information content (AvgIpc) is 2.41. The third-order valence-electron chi connectivity index (χ3n) is 3.11. The molecule has 0 aliphatic rings. The lowest BCUT2D eigenvalue weighted by Crippen LogP contribution is -2.14. The standard InChI is InChI=1S/C15H20FN5/c1-4-5-13-19-14(10(3)15(20-13)21-17)18-12-7-9(2)6-11(16)8-12/h6-8H,4-5,17H2,1-3H3,(H2,18,19,20,21). The third-order valence-corrected chi connectivity index (χ3v) is 3.11. The van der Waals surface area contributed by atoms with Crippen molar-refractivity contribution in [1.29, 1.82) is 0 Å². The second-order valence-electron chi connectivity index (χ2n) is 5.00. The Balaban J connectivity index is 2.39. The normalized spacial score (nSPS) is 10.5. The molecule has 21 heavy (non-hydrogen) atoms. The molecule has 0 amide bonds. The van der Waals surface area contributed by atoms with Crippen LogP contribution in [-0.2, 0) is 6.42 Å². The number of anilines is 3. The van der Waals surface area contributed by atoms with Gasteiger partial charge in [0.2, 0.25) is 0 Å². The summed E-state index contributed by atoms with van der Waals surface area (Å²) in [5.41, 5.74) is 4.86. The Hall–Kier alpha value is -2.21. The van der Waals surface area contributed by atoms with Gasteiger partial charge in [0, 0.05) is 17.7 Å².